The van der Waals surface area contributed by atoms with Crippen LogP contribution < -0.4 is 5.32 Å². The molecule has 0 aliphatic rings. The summed E-state index contributed by atoms with van der Waals surface area (Å²) in [6.45, 7) is 0.434. The molecule has 0 saturated heterocycles. The Bertz CT molecular complexity index is 938. The number of nitrogens with zero attached hydrogens (tertiary/aromatic N) is 5. The first kappa shape index (κ1) is 16.1. The summed E-state index contributed by atoms with van der Waals surface area (Å²) in [5.41, 5.74) is 1.20. The number of nitrogens with one attached hydrogen (secondary N) is 1. The van der Waals surface area contributed by atoms with Gasteiger partial charge >= 0.3 is 0 Å². The molecule has 2 heterocycles. The van der Waals surface area contributed by atoms with E-state index in [1.165, 1.54) is 24.8 Å². The summed E-state index contributed by atoms with van der Waals surface area (Å²) in [6.07, 6.45) is 7.44. The van der Waals surface area contributed by atoms with Gasteiger partial charge in [-0.2, -0.15) is 5.26 Å². The van der Waals surface area contributed by atoms with Gasteiger partial charge in [-0.05, 0) is 18.2 Å². The quantitative estimate of drug-likeness (QED) is 0.713. The van der Waals surface area contributed by atoms with Crippen molar-refractivity contribution in [1.82, 2.24) is 19.9 Å². The van der Waals surface area contributed by atoms with Gasteiger partial charge in [-0.25, -0.2) is 24.3 Å². The average Bonchev–Trinajstić information content (AvgIpc) is 2.66. The lowest BCUT2D eigenvalue weighted by molar-refractivity contribution is 0.103. The number of aromatic nitrogens is 4. The number of hydrogen-bond acceptors (Lipinski definition) is 7. The predicted octanol–water partition coefficient (Wildman–Crippen LogP) is 2.12. The van der Waals surface area contributed by atoms with Gasteiger partial charge in [0, 0.05) is 42.5 Å². The molecule has 0 aliphatic carbocycles. The predicted molar refractivity (Wildman–Crippen MR) is 85.9 cm³/mol. The van der Waals surface area contributed by atoms with Crippen molar-refractivity contribution in [3.8, 4) is 6.07 Å². The molecular formula is C17H11FN6O. The van der Waals surface area contributed by atoms with Gasteiger partial charge in [0.25, 0.3) is 0 Å². The highest BCUT2D eigenvalue weighted by molar-refractivity contribution is 6.08. The van der Waals surface area contributed by atoms with Gasteiger partial charge in [0.1, 0.15) is 12.1 Å². The molecule has 1 N–H and O–H groups in total. The maximum atomic E-state index is 13.5. The summed E-state index contributed by atoms with van der Waals surface area (Å²) >= 11 is 0. The molecule has 8 heteroatoms. The Morgan fingerprint density at radius 1 is 1.08 bits per heavy atom. The largest absolute Gasteiger partial charge is 0.350 e. The summed E-state index contributed by atoms with van der Waals surface area (Å²) in [4.78, 5) is 28.3. The number of rotatable bonds is 5. The van der Waals surface area contributed by atoms with Gasteiger partial charge in [0.2, 0.25) is 5.95 Å². The topological polar surface area (TPSA) is 104 Å². The summed E-state index contributed by atoms with van der Waals surface area (Å²) in [5, 5.41) is 11.8. The van der Waals surface area contributed by atoms with Crippen LogP contribution in [0.5, 0.6) is 0 Å². The highest BCUT2D eigenvalue weighted by Crippen LogP contribution is 2.14. The van der Waals surface area contributed by atoms with Gasteiger partial charge in [0.05, 0.1) is 17.2 Å². The molecule has 3 rings (SSSR count). The number of halogens is 1. The Balaban J connectivity index is 1.73. The molecule has 1 aromatic carbocycles. The first-order valence-corrected chi connectivity index (χ1v) is 7.21. The monoisotopic (exact) mass is 334 g/mol. The number of benzene rings is 1. The van der Waals surface area contributed by atoms with E-state index in [2.05, 4.69) is 25.3 Å². The maximum Gasteiger partial charge on any atom is 0.222 e. The molecule has 0 fully saturated rings. The smallest absolute Gasteiger partial charge is 0.222 e. The van der Waals surface area contributed by atoms with E-state index in [0.29, 0.717) is 12.5 Å². The molecule has 7 nitrogen and oxygen atoms in total. The summed E-state index contributed by atoms with van der Waals surface area (Å²) in [5.74, 6) is -0.775. The van der Waals surface area contributed by atoms with E-state index < -0.39 is 11.6 Å². The maximum absolute atomic E-state index is 13.5. The second-order valence-corrected chi connectivity index (χ2v) is 5.07. The molecular weight excluding hydrogens is 323 g/mol. The number of anilines is 1. The third kappa shape index (κ3) is 3.97. The van der Waals surface area contributed by atoms with Crippen LogP contribution in [0.4, 0.5) is 10.3 Å². The lowest BCUT2D eigenvalue weighted by atomic mass is 10.0. The Kier molecular flexibility index (Phi) is 4.67. The molecule has 0 spiro atoms. The van der Waals surface area contributed by atoms with Crippen LogP contribution in [-0.4, -0.2) is 25.7 Å². The van der Waals surface area contributed by atoms with Crippen molar-refractivity contribution in [2.75, 3.05) is 5.32 Å². The second-order valence-electron chi connectivity index (χ2n) is 5.07. The van der Waals surface area contributed by atoms with Crippen LogP contribution in [0.2, 0.25) is 0 Å². The first-order chi connectivity index (χ1) is 12.2. The molecule has 0 bridgehead atoms. The molecule has 2 aromatic heterocycles. The van der Waals surface area contributed by atoms with Gasteiger partial charge < -0.3 is 5.32 Å². The zero-order chi connectivity index (χ0) is 17.6. The fourth-order valence-corrected chi connectivity index (χ4v) is 2.09. The van der Waals surface area contributed by atoms with Crippen LogP contribution in [0.15, 0.2) is 49.3 Å². The van der Waals surface area contributed by atoms with Crippen molar-refractivity contribution in [2.24, 2.45) is 0 Å². The molecule has 25 heavy (non-hydrogen) atoms. The molecule has 0 radical (unpaired) electrons. The number of nitriles is 1. The SMILES string of the molecule is N#Cc1cc(F)cc(C(=O)c2cnc(NCc3cncnc3)nc2)c1. The Hall–Kier alpha value is -3.73. The van der Waals surface area contributed by atoms with Gasteiger partial charge in [0.15, 0.2) is 5.78 Å². The molecule has 0 atom stereocenters. The van der Waals surface area contributed by atoms with E-state index in [-0.39, 0.29) is 16.7 Å². The highest BCUT2D eigenvalue weighted by atomic mass is 19.1. The fourth-order valence-electron chi connectivity index (χ4n) is 2.09. The minimum Gasteiger partial charge on any atom is -0.350 e. The van der Waals surface area contributed by atoms with E-state index >= 15 is 0 Å². The van der Waals surface area contributed by atoms with Crippen LogP contribution in [0.3, 0.4) is 0 Å². The van der Waals surface area contributed by atoms with E-state index in [1.807, 2.05) is 6.07 Å². The number of carbonyl (C=O) groups excluding carboxylic acids is 1. The van der Waals surface area contributed by atoms with Crippen molar-refractivity contribution in [3.63, 3.8) is 0 Å². The van der Waals surface area contributed by atoms with Gasteiger partial charge in [-0.1, -0.05) is 0 Å². The van der Waals surface area contributed by atoms with Crippen LogP contribution in [0.1, 0.15) is 27.0 Å². The molecule has 0 amide bonds. The highest BCUT2D eigenvalue weighted by Gasteiger charge is 2.13. The molecule has 0 unspecified atom stereocenters. The third-order valence-corrected chi connectivity index (χ3v) is 3.27. The Morgan fingerprint density at radius 3 is 2.48 bits per heavy atom. The second kappa shape index (κ2) is 7.23. The lowest BCUT2D eigenvalue weighted by Gasteiger charge is -2.05. The van der Waals surface area contributed by atoms with Crippen molar-refractivity contribution in [1.29, 1.82) is 5.26 Å². The van der Waals surface area contributed by atoms with E-state index in [0.717, 1.165) is 17.7 Å². The molecule has 0 saturated carbocycles. The summed E-state index contributed by atoms with van der Waals surface area (Å²) in [6, 6.07) is 5.28. The molecule has 122 valence electrons. The van der Waals surface area contributed by atoms with Crippen LogP contribution in [0.25, 0.3) is 0 Å². The van der Waals surface area contributed by atoms with Gasteiger partial charge in [-0.15, -0.1) is 0 Å². The minimum absolute atomic E-state index is 0.0716. The molecule has 3 aromatic rings. The standard InChI is InChI=1S/C17H11FN6O/c18-15-2-11(4-19)1-13(3-15)16(25)14-8-23-17(24-9-14)22-7-12-5-20-10-21-6-12/h1-3,5-6,8-10H,7H2,(H,22,23,24). The fraction of sp³-hybridized carbons (Fsp3) is 0.0588. The summed E-state index contributed by atoms with van der Waals surface area (Å²) < 4.78 is 13.5. The first-order valence-electron chi connectivity index (χ1n) is 7.21. The number of carbonyl (C=O) groups is 1. The van der Waals surface area contributed by atoms with Crippen LogP contribution in [-0.2, 0) is 6.54 Å². The van der Waals surface area contributed by atoms with Crippen LogP contribution in [0, 0.1) is 17.1 Å². The normalized spacial score (nSPS) is 10.1. The Morgan fingerprint density at radius 2 is 1.80 bits per heavy atom. The lowest BCUT2D eigenvalue weighted by Crippen LogP contribution is -2.07. The number of ketones is 1. The van der Waals surface area contributed by atoms with Crippen molar-refractivity contribution >= 4 is 11.7 Å². The number of hydrogen-bond donors (Lipinski definition) is 1. The zero-order valence-electron chi connectivity index (χ0n) is 12.8. The van der Waals surface area contributed by atoms with Crippen molar-refractivity contribution in [2.45, 2.75) is 6.54 Å². The average molecular weight is 334 g/mol. The zero-order valence-corrected chi connectivity index (χ0v) is 12.8. The third-order valence-electron chi connectivity index (χ3n) is 3.27. The van der Waals surface area contributed by atoms with Gasteiger partial charge in [-0.3, -0.25) is 4.79 Å². The summed E-state index contributed by atoms with van der Waals surface area (Å²) in [7, 11) is 0. The van der Waals surface area contributed by atoms with E-state index in [1.54, 1.807) is 12.4 Å². The minimum atomic E-state index is -0.647. The molecule has 0 aliphatic heterocycles. The van der Waals surface area contributed by atoms with Crippen molar-refractivity contribution < 1.29 is 9.18 Å². The van der Waals surface area contributed by atoms with Crippen molar-refractivity contribution in [3.05, 3.63) is 77.4 Å². The van der Waals surface area contributed by atoms with E-state index in [9.17, 15) is 9.18 Å². The van der Waals surface area contributed by atoms with E-state index in [4.69, 9.17) is 5.26 Å². The Labute approximate surface area is 142 Å². The van der Waals surface area contributed by atoms with Crippen LogP contribution >= 0.6 is 0 Å².